The number of rotatable bonds is 3. The fourth-order valence-electron chi connectivity index (χ4n) is 1.56. The standard InChI is InChI=1S/C8H14ClNO3S/c1-14(12,13)5-8(11)10-7-4-2-3-6(7)9/h6-7H,2-5H2,1H3,(H,10,11). The van der Waals surface area contributed by atoms with Crippen LogP contribution >= 0.6 is 11.6 Å². The summed E-state index contributed by atoms with van der Waals surface area (Å²) in [5.74, 6) is -0.905. The molecular formula is C8H14ClNO3S. The molecule has 1 aliphatic carbocycles. The number of sulfone groups is 1. The van der Waals surface area contributed by atoms with E-state index in [1.165, 1.54) is 0 Å². The average Bonchev–Trinajstić information content (AvgIpc) is 2.32. The van der Waals surface area contributed by atoms with Crippen LogP contribution in [0.3, 0.4) is 0 Å². The zero-order valence-electron chi connectivity index (χ0n) is 7.99. The van der Waals surface area contributed by atoms with E-state index in [2.05, 4.69) is 5.32 Å². The Morgan fingerprint density at radius 3 is 2.57 bits per heavy atom. The number of carbonyl (C=O) groups is 1. The Bertz CT molecular complexity index is 315. The summed E-state index contributed by atoms with van der Waals surface area (Å²) < 4.78 is 21.6. The molecule has 0 aromatic heterocycles. The molecule has 1 amide bonds. The number of hydrogen-bond donors (Lipinski definition) is 1. The molecule has 0 aromatic rings. The highest BCUT2D eigenvalue weighted by Crippen LogP contribution is 2.23. The van der Waals surface area contributed by atoms with Gasteiger partial charge in [-0.25, -0.2) is 8.42 Å². The zero-order valence-corrected chi connectivity index (χ0v) is 9.57. The highest BCUT2D eigenvalue weighted by molar-refractivity contribution is 7.91. The van der Waals surface area contributed by atoms with Gasteiger partial charge in [-0.1, -0.05) is 0 Å². The fraction of sp³-hybridized carbons (Fsp3) is 0.875. The molecule has 6 heteroatoms. The first-order valence-corrected chi connectivity index (χ1v) is 6.99. The number of nitrogens with one attached hydrogen (secondary N) is 1. The fourth-order valence-corrected chi connectivity index (χ4v) is 2.47. The van der Waals surface area contributed by atoms with Crippen molar-refractivity contribution in [1.29, 1.82) is 0 Å². The molecule has 1 aliphatic rings. The summed E-state index contributed by atoms with van der Waals surface area (Å²) in [5.41, 5.74) is 0. The minimum Gasteiger partial charge on any atom is -0.351 e. The first-order valence-electron chi connectivity index (χ1n) is 4.49. The second kappa shape index (κ2) is 4.49. The Labute approximate surface area is 88.9 Å². The maximum atomic E-state index is 11.2. The summed E-state index contributed by atoms with van der Waals surface area (Å²) in [7, 11) is -3.24. The lowest BCUT2D eigenvalue weighted by Crippen LogP contribution is -2.40. The van der Waals surface area contributed by atoms with E-state index in [1.807, 2.05) is 0 Å². The quantitative estimate of drug-likeness (QED) is 0.721. The van der Waals surface area contributed by atoms with Gasteiger partial charge < -0.3 is 5.32 Å². The summed E-state index contributed by atoms with van der Waals surface area (Å²) in [6.45, 7) is 0. The van der Waals surface area contributed by atoms with Gasteiger partial charge in [-0.2, -0.15) is 0 Å². The lowest BCUT2D eigenvalue weighted by molar-refractivity contribution is -0.119. The van der Waals surface area contributed by atoms with Crippen LogP contribution in [0, 0.1) is 0 Å². The third-order valence-electron chi connectivity index (χ3n) is 2.17. The second-order valence-corrected chi connectivity index (χ2v) is 6.39. The van der Waals surface area contributed by atoms with Crippen molar-refractivity contribution in [3.8, 4) is 0 Å². The highest BCUT2D eigenvalue weighted by Gasteiger charge is 2.27. The van der Waals surface area contributed by atoms with E-state index in [0.717, 1.165) is 25.5 Å². The minimum atomic E-state index is -3.24. The van der Waals surface area contributed by atoms with Gasteiger partial charge in [0.1, 0.15) is 5.75 Å². The predicted molar refractivity (Wildman–Crippen MR) is 55.1 cm³/mol. The van der Waals surface area contributed by atoms with E-state index < -0.39 is 21.5 Å². The van der Waals surface area contributed by atoms with Gasteiger partial charge in [-0.15, -0.1) is 11.6 Å². The van der Waals surface area contributed by atoms with Gasteiger partial charge in [0.25, 0.3) is 0 Å². The number of alkyl halides is 1. The van der Waals surface area contributed by atoms with Crippen LogP contribution < -0.4 is 5.32 Å². The summed E-state index contributed by atoms with van der Waals surface area (Å²) in [6, 6.07) is -0.0640. The van der Waals surface area contributed by atoms with Crippen LogP contribution in [-0.2, 0) is 14.6 Å². The van der Waals surface area contributed by atoms with Crippen LogP contribution in [0.5, 0.6) is 0 Å². The molecule has 0 spiro atoms. The molecule has 0 saturated heterocycles. The van der Waals surface area contributed by atoms with Crippen molar-refractivity contribution in [1.82, 2.24) is 5.32 Å². The maximum absolute atomic E-state index is 11.2. The Hall–Kier alpha value is -0.290. The zero-order chi connectivity index (χ0) is 10.8. The van der Waals surface area contributed by atoms with E-state index in [-0.39, 0.29) is 11.4 Å². The van der Waals surface area contributed by atoms with Crippen molar-refractivity contribution < 1.29 is 13.2 Å². The Morgan fingerprint density at radius 2 is 2.14 bits per heavy atom. The molecular weight excluding hydrogens is 226 g/mol. The van der Waals surface area contributed by atoms with Crippen LogP contribution in [0.2, 0.25) is 0 Å². The molecule has 0 aromatic carbocycles. The molecule has 2 atom stereocenters. The van der Waals surface area contributed by atoms with Crippen molar-refractivity contribution in [2.24, 2.45) is 0 Å². The third kappa shape index (κ3) is 3.84. The summed E-state index contributed by atoms with van der Waals surface area (Å²) in [5, 5.41) is 2.58. The van der Waals surface area contributed by atoms with Gasteiger partial charge in [0.15, 0.2) is 9.84 Å². The van der Waals surface area contributed by atoms with E-state index in [4.69, 9.17) is 11.6 Å². The third-order valence-corrected chi connectivity index (χ3v) is 3.48. The van der Waals surface area contributed by atoms with E-state index >= 15 is 0 Å². The molecule has 0 aliphatic heterocycles. The van der Waals surface area contributed by atoms with Gasteiger partial charge in [-0.05, 0) is 19.3 Å². The van der Waals surface area contributed by atoms with Crippen molar-refractivity contribution in [3.63, 3.8) is 0 Å². The van der Waals surface area contributed by atoms with Crippen molar-refractivity contribution >= 4 is 27.3 Å². The first-order chi connectivity index (χ1) is 6.38. The summed E-state index contributed by atoms with van der Waals surface area (Å²) in [6.07, 6.45) is 3.74. The van der Waals surface area contributed by atoms with Crippen LogP contribution in [0.15, 0.2) is 0 Å². The number of halogens is 1. The monoisotopic (exact) mass is 239 g/mol. The van der Waals surface area contributed by atoms with Gasteiger partial charge in [0.2, 0.25) is 5.91 Å². The molecule has 2 unspecified atom stereocenters. The molecule has 82 valence electrons. The normalized spacial score (nSPS) is 27.6. The van der Waals surface area contributed by atoms with Gasteiger partial charge in [0.05, 0.1) is 5.38 Å². The number of hydrogen-bond acceptors (Lipinski definition) is 3. The molecule has 4 nitrogen and oxygen atoms in total. The minimum absolute atomic E-state index is 0.0569. The first kappa shape index (κ1) is 11.8. The van der Waals surface area contributed by atoms with Crippen molar-refractivity contribution in [3.05, 3.63) is 0 Å². The van der Waals surface area contributed by atoms with Crippen LogP contribution in [0.25, 0.3) is 0 Å². The molecule has 14 heavy (non-hydrogen) atoms. The van der Waals surface area contributed by atoms with Gasteiger partial charge in [0, 0.05) is 12.3 Å². The molecule has 0 bridgehead atoms. The lowest BCUT2D eigenvalue weighted by atomic mass is 10.2. The maximum Gasteiger partial charge on any atom is 0.235 e. The molecule has 1 saturated carbocycles. The average molecular weight is 240 g/mol. The van der Waals surface area contributed by atoms with Crippen molar-refractivity contribution in [2.45, 2.75) is 30.7 Å². The van der Waals surface area contributed by atoms with E-state index in [9.17, 15) is 13.2 Å². The number of carbonyl (C=O) groups excluding carboxylic acids is 1. The largest absolute Gasteiger partial charge is 0.351 e. The van der Waals surface area contributed by atoms with Crippen LogP contribution in [0.4, 0.5) is 0 Å². The number of amides is 1. The molecule has 1 N–H and O–H groups in total. The SMILES string of the molecule is CS(=O)(=O)CC(=O)NC1CCCC1Cl. The predicted octanol–water partition coefficient (Wildman–Crippen LogP) is 0.307. The van der Waals surface area contributed by atoms with Crippen LogP contribution in [-0.4, -0.2) is 37.8 Å². The molecule has 0 heterocycles. The second-order valence-electron chi connectivity index (χ2n) is 3.69. The topological polar surface area (TPSA) is 63.2 Å². The van der Waals surface area contributed by atoms with Gasteiger partial charge in [-0.3, -0.25) is 4.79 Å². The highest BCUT2D eigenvalue weighted by atomic mass is 35.5. The smallest absolute Gasteiger partial charge is 0.235 e. The molecule has 0 radical (unpaired) electrons. The van der Waals surface area contributed by atoms with E-state index in [1.54, 1.807) is 0 Å². The Kier molecular flexibility index (Phi) is 3.78. The lowest BCUT2D eigenvalue weighted by Gasteiger charge is -2.15. The molecule has 1 fully saturated rings. The summed E-state index contributed by atoms with van der Waals surface area (Å²) >= 11 is 5.93. The molecule has 1 rings (SSSR count). The van der Waals surface area contributed by atoms with Crippen molar-refractivity contribution in [2.75, 3.05) is 12.0 Å². The Balaban J connectivity index is 2.41. The van der Waals surface area contributed by atoms with Crippen LogP contribution in [0.1, 0.15) is 19.3 Å². The van der Waals surface area contributed by atoms with Gasteiger partial charge >= 0.3 is 0 Å². The van der Waals surface area contributed by atoms with E-state index in [0.29, 0.717) is 0 Å². The Morgan fingerprint density at radius 1 is 1.50 bits per heavy atom. The summed E-state index contributed by atoms with van der Waals surface area (Å²) in [4.78, 5) is 11.2.